The normalized spacial score (nSPS) is 32.4. The minimum atomic E-state index is -1.82. The predicted molar refractivity (Wildman–Crippen MR) is 152 cm³/mol. The number of fused-ring (bicyclic) bond motifs is 3. The summed E-state index contributed by atoms with van der Waals surface area (Å²) in [5.41, 5.74) is -3.80. The number of ketones is 2. The van der Waals surface area contributed by atoms with Gasteiger partial charge in [-0.1, -0.05) is 19.1 Å². The molecule has 43 heavy (non-hydrogen) atoms. The number of hydrogen-bond acceptors (Lipinski definition) is 12. The standard InChI is InChI=1S/C30H35NO11.ClH/c1-3-30(39)12-17(42-18-11-15(24(33)13(2)41-18)31-7-9-40-10-8-31)20-23(29(30)38)28(37)21-22(27(20)36)26(35)19-14(25(21)34)5-4-6-16(19)32;/h4-6,13,15,17-18,24,29,32-33,36-39H,3,7-12H2,1-2H3;1H/t13?,15?,17-,18?,24?,29-,30-;/m1./s1. The number of rotatable bonds is 4. The van der Waals surface area contributed by atoms with E-state index in [2.05, 4.69) is 4.90 Å². The van der Waals surface area contributed by atoms with E-state index in [1.54, 1.807) is 13.8 Å². The van der Waals surface area contributed by atoms with Gasteiger partial charge in [0.05, 0.1) is 53.8 Å². The van der Waals surface area contributed by atoms with E-state index in [9.17, 15) is 40.2 Å². The van der Waals surface area contributed by atoms with Crippen LogP contribution in [0, 0.1) is 0 Å². The molecule has 2 heterocycles. The van der Waals surface area contributed by atoms with Crippen molar-refractivity contribution in [2.24, 2.45) is 0 Å². The Balaban J connectivity index is 0.00000368. The van der Waals surface area contributed by atoms with Crippen LogP contribution in [0.2, 0.25) is 0 Å². The Hall–Kier alpha value is -2.81. The Morgan fingerprint density at radius 1 is 1.00 bits per heavy atom. The SMILES string of the molecule is CC[C@@]1(O)C[C@@H](OC2CC(N3CCOCC3)C(O)C(C)O2)c2c(O)c3c(c(O)c2[C@H]1O)C(=O)c1cccc(O)c1C3=O.Cl. The Labute approximate surface area is 253 Å². The molecule has 6 N–H and O–H groups in total. The van der Waals surface area contributed by atoms with Crippen molar-refractivity contribution in [1.82, 2.24) is 4.90 Å². The van der Waals surface area contributed by atoms with Crippen molar-refractivity contribution < 1.29 is 54.4 Å². The highest BCUT2D eigenvalue weighted by atomic mass is 35.5. The topological polar surface area (TPSA) is 186 Å². The van der Waals surface area contributed by atoms with Gasteiger partial charge in [0, 0.05) is 48.7 Å². The van der Waals surface area contributed by atoms with Crippen molar-refractivity contribution in [2.75, 3.05) is 26.3 Å². The number of benzene rings is 2. The van der Waals surface area contributed by atoms with Crippen molar-refractivity contribution in [3.05, 3.63) is 51.6 Å². The van der Waals surface area contributed by atoms with Crippen LogP contribution in [-0.2, 0) is 14.2 Å². The van der Waals surface area contributed by atoms with Gasteiger partial charge in [0.1, 0.15) is 23.4 Å². The van der Waals surface area contributed by atoms with Gasteiger partial charge in [0.2, 0.25) is 5.78 Å². The molecule has 0 spiro atoms. The van der Waals surface area contributed by atoms with Gasteiger partial charge in [-0.25, -0.2) is 0 Å². The molecule has 0 bridgehead atoms. The lowest BCUT2D eigenvalue weighted by Crippen LogP contribution is -2.58. The van der Waals surface area contributed by atoms with Crippen molar-refractivity contribution in [3.8, 4) is 17.2 Å². The van der Waals surface area contributed by atoms with Crippen LogP contribution < -0.4 is 0 Å². The summed E-state index contributed by atoms with van der Waals surface area (Å²) in [5, 5.41) is 67.1. The number of morpholine rings is 1. The molecule has 2 aromatic rings. The molecule has 0 aromatic heterocycles. The molecule has 2 aromatic carbocycles. The van der Waals surface area contributed by atoms with E-state index >= 15 is 0 Å². The molecule has 6 rings (SSSR count). The second kappa shape index (κ2) is 11.6. The number of aromatic hydroxyl groups is 3. The molecule has 2 fully saturated rings. The largest absolute Gasteiger partial charge is 0.507 e. The predicted octanol–water partition coefficient (Wildman–Crippen LogP) is 1.83. The van der Waals surface area contributed by atoms with Crippen molar-refractivity contribution in [2.45, 2.75) is 75.5 Å². The maximum Gasteiger partial charge on any atom is 0.202 e. The van der Waals surface area contributed by atoms with E-state index in [4.69, 9.17) is 14.2 Å². The highest BCUT2D eigenvalue weighted by molar-refractivity contribution is 6.31. The second-order valence-corrected chi connectivity index (χ2v) is 11.5. The molecule has 13 heteroatoms. The Kier molecular flexibility index (Phi) is 8.53. The minimum absolute atomic E-state index is 0. The third-order valence-electron chi connectivity index (χ3n) is 9.25. The van der Waals surface area contributed by atoms with Gasteiger partial charge >= 0.3 is 0 Å². The second-order valence-electron chi connectivity index (χ2n) is 11.5. The first kappa shape index (κ1) is 31.6. The lowest BCUT2D eigenvalue weighted by Gasteiger charge is -2.47. The van der Waals surface area contributed by atoms with Gasteiger partial charge in [0.25, 0.3) is 0 Å². The van der Waals surface area contributed by atoms with E-state index < -0.39 is 76.2 Å². The first-order valence-corrected chi connectivity index (χ1v) is 14.2. The molecular formula is C30H36ClNO11. The van der Waals surface area contributed by atoms with Crippen LogP contribution >= 0.6 is 12.4 Å². The summed E-state index contributed by atoms with van der Waals surface area (Å²) in [5.74, 6) is -3.61. The van der Waals surface area contributed by atoms with Crippen LogP contribution in [0.5, 0.6) is 17.2 Å². The summed E-state index contributed by atoms with van der Waals surface area (Å²) >= 11 is 0. The monoisotopic (exact) mass is 621 g/mol. The molecule has 2 saturated heterocycles. The molecule has 2 aliphatic heterocycles. The molecule has 234 valence electrons. The van der Waals surface area contributed by atoms with Gasteiger partial charge in [-0.05, 0) is 19.4 Å². The van der Waals surface area contributed by atoms with Gasteiger partial charge < -0.3 is 44.8 Å². The molecular weight excluding hydrogens is 586 g/mol. The van der Waals surface area contributed by atoms with Crippen LogP contribution in [0.25, 0.3) is 0 Å². The number of nitrogens with zero attached hydrogens (tertiary/aromatic N) is 1. The molecule has 4 aliphatic rings. The van der Waals surface area contributed by atoms with Crippen LogP contribution in [0.15, 0.2) is 18.2 Å². The number of hydrogen-bond donors (Lipinski definition) is 6. The number of ether oxygens (including phenoxy) is 3. The highest BCUT2D eigenvalue weighted by Crippen LogP contribution is 2.56. The Morgan fingerprint density at radius 2 is 1.65 bits per heavy atom. The fourth-order valence-electron chi connectivity index (χ4n) is 6.86. The highest BCUT2D eigenvalue weighted by Gasteiger charge is 2.52. The number of aliphatic hydroxyl groups excluding tert-OH is 2. The summed E-state index contributed by atoms with van der Waals surface area (Å²) < 4.78 is 17.8. The van der Waals surface area contributed by atoms with Gasteiger partial charge in [-0.15, -0.1) is 12.4 Å². The molecule has 4 unspecified atom stereocenters. The molecule has 0 radical (unpaired) electrons. The number of phenolic OH excluding ortho intramolecular Hbond substituents is 3. The lowest BCUT2D eigenvalue weighted by atomic mass is 9.70. The summed E-state index contributed by atoms with van der Waals surface area (Å²) in [4.78, 5) is 29.2. The number of carbonyl (C=O) groups excluding carboxylic acids is 2. The van der Waals surface area contributed by atoms with Crippen molar-refractivity contribution >= 4 is 24.0 Å². The molecule has 0 amide bonds. The zero-order valence-corrected chi connectivity index (χ0v) is 24.5. The van der Waals surface area contributed by atoms with Crippen molar-refractivity contribution in [3.63, 3.8) is 0 Å². The molecule has 2 aliphatic carbocycles. The van der Waals surface area contributed by atoms with E-state index in [1.165, 1.54) is 18.2 Å². The quantitative estimate of drug-likeness (QED) is 0.232. The Bertz CT molecular complexity index is 1440. The van der Waals surface area contributed by atoms with Crippen LogP contribution in [0.4, 0.5) is 0 Å². The zero-order chi connectivity index (χ0) is 30.1. The maximum atomic E-state index is 13.6. The third kappa shape index (κ3) is 4.90. The first-order chi connectivity index (χ1) is 20.0. The smallest absolute Gasteiger partial charge is 0.202 e. The zero-order valence-electron chi connectivity index (χ0n) is 23.7. The van der Waals surface area contributed by atoms with Crippen molar-refractivity contribution in [1.29, 1.82) is 0 Å². The number of halogens is 1. The maximum absolute atomic E-state index is 13.6. The van der Waals surface area contributed by atoms with Crippen LogP contribution in [0.3, 0.4) is 0 Å². The van der Waals surface area contributed by atoms with Crippen LogP contribution in [-0.4, -0.2) is 104 Å². The fraction of sp³-hybridized carbons (Fsp3) is 0.533. The Morgan fingerprint density at radius 3 is 2.33 bits per heavy atom. The number of carbonyl (C=O) groups is 2. The third-order valence-corrected chi connectivity index (χ3v) is 9.25. The van der Waals surface area contributed by atoms with E-state index in [1.807, 2.05) is 0 Å². The summed E-state index contributed by atoms with van der Waals surface area (Å²) in [7, 11) is 0. The fourth-order valence-corrected chi connectivity index (χ4v) is 6.86. The lowest BCUT2D eigenvalue weighted by molar-refractivity contribution is -0.264. The van der Waals surface area contributed by atoms with Crippen LogP contribution in [0.1, 0.15) is 88.3 Å². The summed E-state index contributed by atoms with van der Waals surface area (Å²) in [6.45, 7) is 5.61. The molecule has 0 saturated carbocycles. The van der Waals surface area contributed by atoms with Gasteiger partial charge in [0.15, 0.2) is 12.1 Å². The van der Waals surface area contributed by atoms with E-state index in [-0.39, 0.29) is 60.0 Å². The van der Waals surface area contributed by atoms with Gasteiger partial charge in [-0.3, -0.25) is 14.5 Å². The average Bonchev–Trinajstić information content (AvgIpc) is 2.97. The van der Waals surface area contributed by atoms with Gasteiger partial charge in [-0.2, -0.15) is 0 Å². The number of aliphatic hydroxyl groups is 3. The van der Waals surface area contributed by atoms with E-state index in [0.717, 1.165) is 0 Å². The average molecular weight is 622 g/mol. The molecule has 12 nitrogen and oxygen atoms in total. The summed E-state index contributed by atoms with van der Waals surface area (Å²) in [6, 6.07) is 3.60. The van der Waals surface area contributed by atoms with E-state index in [0.29, 0.717) is 26.3 Å². The first-order valence-electron chi connectivity index (χ1n) is 14.2. The molecule has 7 atom stereocenters. The minimum Gasteiger partial charge on any atom is -0.507 e. The number of phenols is 3. The summed E-state index contributed by atoms with van der Waals surface area (Å²) in [6.07, 6.45) is -5.23.